The van der Waals surface area contributed by atoms with Crippen LogP contribution < -0.4 is 4.74 Å². The quantitative estimate of drug-likeness (QED) is 0.203. The van der Waals surface area contributed by atoms with Gasteiger partial charge in [0, 0.05) is 11.1 Å². The van der Waals surface area contributed by atoms with Crippen molar-refractivity contribution in [2.24, 2.45) is 0 Å². The minimum atomic E-state index is -4.08. The summed E-state index contributed by atoms with van der Waals surface area (Å²) < 4.78 is 33.0. The normalized spacial score (nSPS) is 11.9. The second-order valence-corrected chi connectivity index (χ2v) is 9.60. The molecule has 0 bridgehead atoms. The number of ketones is 1. The van der Waals surface area contributed by atoms with Gasteiger partial charge in [-0.25, -0.2) is 8.42 Å². The monoisotopic (exact) mass is 480 g/mol. The molecule has 35 heavy (non-hydrogen) atoms. The molecule has 0 radical (unpaired) electrons. The van der Waals surface area contributed by atoms with Gasteiger partial charge in [0.2, 0.25) is 15.6 Å². The maximum absolute atomic E-state index is 13.5. The average Bonchev–Trinajstić information content (AvgIpc) is 2.91. The molecule has 4 aromatic carbocycles. The standard InChI is InChI=1S/C30H24O4S/c31-30(25-16-6-2-7-17-25)29(35(32,33)27-19-8-3-9-20-27)23-26-18-10-11-21-28(26)34-22-12-15-24-13-4-1-5-14-24/h1-21,23H,22H2/b15-12+,29-23?. The topological polar surface area (TPSA) is 60.4 Å². The number of allylic oxidation sites excluding steroid dienone is 1. The first-order valence-corrected chi connectivity index (χ1v) is 12.6. The van der Waals surface area contributed by atoms with Gasteiger partial charge in [-0.15, -0.1) is 0 Å². The molecule has 0 aliphatic heterocycles. The van der Waals surface area contributed by atoms with Crippen LogP contribution in [0.5, 0.6) is 5.75 Å². The number of hydrogen-bond acceptors (Lipinski definition) is 4. The third-order valence-corrected chi connectivity index (χ3v) is 7.03. The van der Waals surface area contributed by atoms with Gasteiger partial charge < -0.3 is 4.74 Å². The first-order chi connectivity index (χ1) is 17.1. The molecule has 0 fully saturated rings. The molecule has 0 atom stereocenters. The minimum Gasteiger partial charge on any atom is -0.489 e. The van der Waals surface area contributed by atoms with Gasteiger partial charge in [-0.3, -0.25) is 4.79 Å². The Morgan fingerprint density at radius 2 is 1.29 bits per heavy atom. The molecule has 0 N–H and O–H groups in total. The number of hydrogen-bond donors (Lipinski definition) is 0. The molecule has 0 unspecified atom stereocenters. The number of benzene rings is 4. The van der Waals surface area contributed by atoms with Crippen LogP contribution in [0.25, 0.3) is 12.2 Å². The highest BCUT2D eigenvalue weighted by molar-refractivity contribution is 7.96. The summed E-state index contributed by atoms with van der Waals surface area (Å²) >= 11 is 0. The Morgan fingerprint density at radius 1 is 0.714 bits per heavy atom. The summed E-state index contributed by atoms with van der Waals surface area (Å²) in [5.41, 5.74) is 1.84. The molecule has 4 rings (SSSR count). The van der Waals surface area contributed by atoms with Crippen LogP contribution in [0.1, 0.15) is 21.5 Å². The fourth-order valence-corrected chi connectivity index (χ4v) is 4.90. The van der Waals surface area contributed by atoms with Crippen LogP contribution in [-0.2, 0) is 9.84 Å². The summed E-state index contributed by atoms with van der Waals surface area (Å²) in [6, 6.07) is 33.3. The lowest BCUT2D eigenvalue weighted by molar-refractivity contribution is 0.104. The van der Waals surface area contributed by atoms with Crippen molar-refractivity contribution in [3.05, 3.63) is 143 Å². The van der Waals surface area contributed by atoms with Crippen molar-refractivity contribution < 1.29 is 17.9 Å². The summed E-state index contributed by atoms with van der Waals surface area (Å²) in [6.07, 6.45) is 5.23. The number of sulfone groups is 1. The smallest absolute Gasteiger partial charge is 0.210 e. The molecular weight excluding hydrogens is 456 g/mol. The Kier molecular flexibility index (Phi) is 7.70. The third-order valence-electron chi connectivity index (χ3n) is 5.25. The molecule has 0 amide bonds. The molecule has 0 spiro atoms. The predicted octanol–water partition coefficient (Wildman–Crippen LogP) is 6.48. The van der Waals surface area contributed by atoms with Gasteiger partial charge in [0.15, 0.2) is 0 Å². The Balaban J connectivity index is 1.70. The van der Waals surface area contributed by atoms with E-state index < -0.39 is 15.6 Å². The van der Waals surface area contributed by atoms with Crippen molar-refractivity contribution in [2.75, 3.05) is 6.61 Å². The number of para-hydroxylation sites is 1. The van der Waals surface area contributed by atoms with Gasteiger partial charge in [0.05, 0.1) is 4.90 Å². The van der Waals surface area contributed by atoms with Gasteiger partial charge in [-0.2, -0.15) is 0 Å². The number of rotatable bonds is 9. The maximum Gasteiger partial charge on any atom is 0.210 e. The first-order valence-electron chi connectivity index (χ1n) is 11.1. The van der Waals surface area contributed by atoms with E-state index in [1.54, 1.807) is 72.8 Å². The van der Waals surface area contributed by atoms with E-state index in [1.165, 1.54) is 18.2 Å². The Hall–Kier alpha value is -4.22. The van der Waals surface area contributed by atoms with Crippen LogP contribution in [0.4, 0.5) is 0 Å². The van der Waals surface area contributed by atoms with Crippen molar-refractivity contribution in [3.8, 4) is 5.75 Å². The van der Waals surface area contributed by atoms with Gasteiger partial charge >= 0.3 is 0 Å². The Bertz CT molecular complexity index is 1440. The summed E-state index contributed by atoms with van der Waals surface area (Å²) in [7, 11) is -4.08. The predicted molar refractivity (Wildman–Crippen MR) is 140 cm³/mol. The fraction of sp³-hybridized carbons (Fsp3) is 0.0333. The Labute approximate surface area is 205 Å². The number of carbonyl (C=O) groups is 1. The molecule has 0 aromatic heterocycles. The lowest BCUT2D eigenvalue weighted by atomic mass is 10.1. The lowest BCUT2D eigenvalue weighted by Gasteiger charge is -2.12. The van der Waals surface area contributed by atoms with Crippen LogP contribution in [0, 0.1) is 0 Å². The van der Waals surface area contributed by atoms with E-state index in [0.29, 0.717) is 16.9 Å². The van der Waals surface area contributed by atoms with E-state index >= 15 is 0 Å². The van der Waals surface area contributed by atoms with Crippen LogP contribution in [0.15, 0.2) is 131 Å². The first kappa shape index (κ1) is 23.9. The fourth-order valence-electron chi connectivity index (χ4n) is 3.48. The lowest BCUT2D eigenvalue weighted by Crippen LogP contribution is -2.14. The molecule has 4 aromatic rings. The van der Waals surface area contributed by atoms with Crippen molar-refractivity contribution >= 4 is 27.8 Å². The maximum atomic E-state index is 13.5. The summed E-state index contributed by atoms with van der Waals surface area (Å²) in [4.78, 5) is 13.1. The molecule has 0 saturated carbocycles. The van der Waals surface area contributed by atoms with E-state index in [2.05, 4.69) is 0 Å². The van der Waals surface area contributed by atoms with Crippen molar-refractivity contribution in [2.45, 2.75) is 4.90 Å². The molecular formula is C30H24O4S. The Morgan fingerprint density at radius 3 is 1.97 bits per heavy atom. The summed E-state index contributed by atoms with van der Waals surface area (Å²) in [5.74, 6) is -0.0972. The van der Waals surface area contributed by atoms with E-state index in [-0.39, 0.29) is 16.4 Å². The van der Waals surface area contributed by atoms with Crippen molar-refractivity contribution in [1.82, 2.24) is 0 Å². The van der Waals surface area contributed by atoms with E-state index in [1.807, 2.05) is 42.5 Å². The van der Waals surface area contributed by atoms with Crippen molar-refractivity contribution in [3.63, 3.8) is 0 Å². The van der Waals surface area contributed by atoms with Crippen molar-refractivity contribution in [1.29, 1.82) is 0 Å². The summed E-state index contributed by atoms with van der Waals surface area (Å²) in [6.45, 7) is 0.285. The number of Topliss-reactive ketones (excluding diaryl/α,β-unsaturated/α-hetero) is 1. The second-order valence-electron chi connectivity index (χ2n) is 7.68. The van der Waals surface area contributed by atoms with Crippen LogP contribution in [0.3, 0.4) is 0 Å². The molecule has 4 nitrogen and oxygen atoms in total. The zero-order chi connectivity index (χ0) is 24.5. The van der Waals surface area contributed by atoms with E-state index in [4.69, 9.17) is 4.74 Å². The van der Waals surface area contributed by atoms with Crippen LogP contribution in [-0.4, -0.2) is 20.8 Å². The van der Waals surface area contributed by atoms with Gasteiger partial charge in [-0.1, -0.05) is 103 Å². The molecule has 0 aliphatic carbocycles. The van der Waals surface area contributed by atoms with Gasteiger partial charge in [0.1, 0.15) is 17.3 Å². The van der Waals surface area contributed by atoms with E-state index in [0.717, 1.165) is 5.56 Å². The zero-order valence-corrected chi connectivity index (χ0v) is 19.8. The molecule has 0 saturated heterocycles. The average molecular weight is 481 g/mol. The highest BCUT2D eigenvalue weighted by Crippen LogP contribution is 2.28. The van der Waals surface area contributed by atoms with Gasteiger partial charge in [0.25, 0.3) is 0 Å². The molecule has 0 heterocycles. The largest absolute Gasteiger partial charge is 0.489 e. The SMILES string of the molecule is O=C(C(=Cc1ccccc1OC/C=C/c1ccccc1)S(=O)(=O)c1ccccc1)c1ccccc1. The summed E-state index contributed by atoms with van der Waals surface area (Å²) in [5, 5.41) is 0. The number of carbonyl (C=O) groups excluding carboxylic acids is 1. The van der Waals surface area contributed by atoms with E-state index in [9.17, 15) is 13.2 Å². The van der Waals surface area contributed by atoms with Gasteiger partial charge in [-0.05, 0) is 35.9 Å². The molecule has 0 aliphatic rings. The highest BCUT2D eigenvalue weighted by atomic mass is 32.2. The molecule has 174 valence electrons. The van der Waals surface area contributed by atoms with Crippen LogP contribution in [0.2, 0.25) is 0 Å². The number of ether oxygens (including phenoxy) is 1. The highest BCUT2D eigenvalue weighted by Gasteiger charge is 2.28. The molecule has 5 heteroatoms. The van der Waals surface area contributed by atoms with Crippen LogP contribution >= 0.6 is 0 Å². The zero-order valence-electron chi connectivity index (χ0n) is 19.0. The second kappa shape index (κ2) is 11.3. The third kappa shape index (κ3) is 6.02. The minimum absolute atomic E-state index is 0.0553.